The monoisotopic (exact) mass is 471 g/mol. The predicted molar refractivity (Wildman–Crippen MR) is 114 cm³/mol. The summed E-state index contributed by atoms with van der Waals surface area (Å²) in [6.07, 6.45) is 2.08. The Kier molecular flexibility index (Phi) is 9.59. The number of likely N-dealkylation sites (tertiary alicyclic amines) is 1. The van der Waals surface area contributed by atoms with Gasteiger partial charge in [-0.05, 0) is 31.9 Å². The fourth-order valence-electron chi connectivity index (χ4n) is 2.94. The average molecular weight is 471 g/mol. The Hall–Kier alpha value is -1.66. The standard InChI is InChI=1S/C19H26FN5.HI/c1-14(2)13-25-8-6-17(7-9-25)24-19(22-3)23-12-16-5-4-15(11-21)10-18(16)20;/h4-5,10,17H,1,6-9,12-13H2,2-3H3,(H2,22,23,24);1H. The van der Waals surface area contributed by atoms with Gasteiger partial charge < -0.3 is 10.6 Å². The van der Waals surface area contributed by atoms with E-state index in [2.05, 4.69) is 34.0 Å². The predicted octanol–water partition coefficient (Wildman–Crippen LogP) is 3.02. The van der Waals surface area contributed by atoms with E-state index in [-0.39, 0.29) is 29.8 Å². The number of rotatable bonds is 5. The number of piperidine rings is 1. The maximum absolute atomic E-state index is 13.9. The highest BCUT2D eigenvalue weighted by Gasteiger charge is 2.19. The summed E-state index contributed by atoms with van der Waals surface area (Å²) in [4.78, 5) is 6.63. The van der Waals surface area contributed by atoms with Crippen LogP contribution in [-0.2, 0) is 6.54 Å². The number of aliphatic imine (C=N–C) groups is 1. The summed E-state index contributed by atoms with van der Waals surface area (Å²) in [5.41, 5.74) is 2.02. The summed E-state index contributed by atoms with van der Waals surface area (Å²) in [5.74, 6) is 0.289. The molecule has 1 aromatic rings. The molecule has 0 saturated carbocycles. The lowest BCUT2D eigenvalue weighted by Crippen LogP contribution is -2.48. The summed E-state index contributed by atoms with van der Waals surface area (Å²) in [6, 6.07) is 6.80. The minimum atomic E-state index is -0.380. The molecular weight excluding hydrogens is 444 g/mol. The third kappa shape index (κ3) is 6.92. The van der Waals surface area contributed by atoms with Gasteiger partial charge in [-0.1, -0.05) is 18.2 Å². The third-order valence-electron chi connectivity index (χ3n) is 4.27. The van der Waals surface area contributed by atoms with Gasteiger partial charge in [0.25, 0.3) is 0 Å². The molecule has 1 saturated heterocycles. The highest BCUT2D eigenvalue weighted by atomic mass is 127. The Labute approximate surface area is 172 Å². The fourth-order valence-corrected chi connectivity index (χ4v) is 2.94. The largest absolute Gasteiger partial charge is 0.354 e. The van der Waals surface area contributed by atoms with Crippen molar-refractivity contribution < 1.29 is 4.39 Å². The van der Waals surface area contributed by atoms with Crippen LogP contribution in [0.2, 0.25) is 0 Å². The van der Waals surface area contributed by atoms with E-state index in [4.69, 9.17) is 5.26 Å². The van der Waals surface area contributed by atoms with Gasteiger partial charge in [0.15, 0.2) is 5.96 Å². The fraction of sp³-hybridized carbons (Fsp3) is 0.474. The maximum atomic E-state index is 13.9. The van der Waals surface area contributed by atoms with Crippen LogP contribution in [-0.4, -0.2) is 43.6 Å². The number of guanidine groups is 1. The summed E-state index contributed by atoms with van der Waals surface area (Å²) >= 11 is 0. The van der Waals surface area contributed by atoms with Crippen molar-refractivity contribution in [3.8, 4) is 6.07 Å². The lowest BCUT2D eigenvalue weighted by molar-refractivity contribution is 0.221. The van der Waals surface area contributed by atoms with Crippen molar-refractivity contribution in [3.63, 3.8) is 0 Å². The molecule has 1 aromatic carbocycles. The second-order valence-corrected chi connectivity index (χ2v) is 6.50. The molecule has 2 rings (SSSR count). The number of hydrogen-bond donors (Lipinski definition) is 2. The van der Waals surface area contributed by atoms with Crippen LogP contribution < -0.4 is 10.6 Å². The van der Waals surface area contributed by atoms with Crippen LogP contribution in [0.1, 0.15) is 30.9 Å². The van der Waals surface area contributed by atoms with E-state index >= 15 is 0 Å². The van der Waals surface area contributed by atoms with Gasteiger partial charge in [-0.3, -0.25) is 9.89 Å². The van der Waals surface area contributed by atoms with E-state index in [0.29, 0.717) is 29.7 Å². The van der Waals surface area contributed by atoms with Crippen molar-refractivity contribution in [2.24, 2.45) is 4.99 Å². The molecule has 26 heavy (non-hydrogen) atoms. The van der Waals surface area contributed by atoms with Gasteiger partial charge in [0, 0.05) is 44.8 Å². The molecule has 2 N–H and O–H groups in total. The summed E-state index contributed by atoms with van der Waals surface area (Å²) in [7, 11) is 1.71. The molecule has 5 nitrogen and oxygen atoms in total. The molecular formula is C19H27FIN5. The molecule has 0 radical (unpaired) electrons. The minimum absolute atomic E-state index is 0. The van der Waals surface area contributed by atoms with E-state index in [1.165, 1.54) is 11.6 Å². The number of hydrogen-bond acceptors (Lipinski definition) is 3. The SMILES string of the molecule is C=C(C)CN1CCC(NC(=NC)NCc2ccc(C#N)cc2F)CC1.I. The third-order valence-corrected chi connectivity index (χ3v) is 4.27. The van der Waals surface area contributed by atoms with Crippen LogP contribution in [0, 0.1) is 17.1 Å². The van der Waals surface area contributed by atoms with Gasteiger partial charge in [0.05, 0.1) is 11.6 Å². The van der Waals surface area contributed by atoms with Gasteiger partial charge in [-0.15, -0.1) is 24.0 Å². The van der Waals surface area contributed by atoms with Gasteiger partial charge in [0.1, 0.15) is 5.82 Å². The molecule has 1 aliphatic heterocycles. The summed E-state index contributed by atoms with van der Waals surface area (Å²) in [5, 5.41) is 15.3. The Morgan fingerprint density at radius 2 is 2.12 bits per heavy atom. The lowest BCUT2D eigenvalue weighted by atomic mass is 10.0. The van der Waals surface area contributed by atoms with Gasteiger partial charge >= 0.3 is 0 Å². The van der Waals surface area contributed by atoms with Gasteiger partial charge in [0.2, 0.25) is 0 Å². The lowest BCUT2D eigenvalue weighted by Gasteiger charge is -2.33. The molecule has 0 aliphatic carbocycles. The topological polar surface area (TPSA) is 63.4 Å². The molecule has 7 heteroatoms. The summed E-state index contributed by atoms with van der Waals surface area (Å²) < 4.78 is 13.9. The van der Waals surface area contributed by atoms with Crippen LogP contribution in [0.5, 0.6) is 0 Å². The highest BCUT2D eigenvalue weighted by Crippen LogP contribution is 2.12. The molecule has 1 heterocycles. The molecule has 0 aromatic heterocycles. The number of nitriles is 1. The first-order valence-corrected chi connectivity index (χ1v) is 8.54. The first-order valence-electron chi connectivity index (χ1n) is 8.54. The number of benzene rings is 1. The zero-order valence-corrected chi connectivity index (χ0v) is 17.7. The van der Waals surface area contributed by atoms with Crippen molar-refractivity contribution >= 4 is 29.9 Å². The Morgan fingerprint density at radius 3 is 2.65 bits per heavy atom. The van der Waals surface area contributed by atoms with E-state index in [1.807, 2.05) is 6.07 Å². The number of nitrogens with one attached hydrogen (secondary N) is 2. The zero-order chi connectivity index (χ0) is 18.2. The van der Waals surface area contributed by atoms with Gasteiger partial charge in [-0.2, -0.15) is 5.26 Å². The van der Waals surface area contributed by atoms with Crippen molar-refractivity contribution in [2.75, 3.05) is 26.7 Å². The Balaban J connectivity index is 0.00000338. The average Bonchev–Trinajstić information content (AvgIpc) is 2.60. The van der Waals surface area contributed by atoms with E-state index in [9.17, 15) is 4.39 Å². The van der Waals surface area contributed by atoms with Gasteiger partial charge in [-0.25, -0.2) is 4.39 Å². The molecule has 0 unspecified atom stereocenters. The molecule has 142 valence electrons. The highest BCUT2D eigenvalue weighted by molar-refractivity contribution is 14.0. The van der Waals surface area contributed by atoms with E-state index < -0.39 is 0 Å². The minimum Gasteiger partial charge on any atom is -0.354 e. The number of halogens is 2. The van der Waals surface area contributed by atoms with Crippen LogP contribution >= 0.6 is 24.0 Å². The molecule has 1 aliphatic rings. The van der Waals surface area contributed by atoms with Crippen molar-refractivity contribution in [1.82, 2.24) is 15.5 Å². The van der Waals surface area contributed by atoms with E-state index in [0.717, 1.165) is 32.5 Å². The van der Waals surface area contributed by atoms with Crippen LogP contribution in [0.25, 0.3) is 0 Å². The molecule has 1 fully saturated rings. The normalized spacial score (nSPS) is 15.7. The first-order chi connectivity index (χ1) is 12.0. The Morgan fingerprint density at radius 1 is 1.42 bits per heavy atom. The van der Waals surface area contributed by atoms with Crippen molar-refractivity contribution in [3.05, 3.63) is 47.3 Å². The molecule has 0 atom stereocenters. The van der Waals surface area contributed by atoms with Crippen LogP contribution in [0.15, 0.2) is 35.3 Å². The van der Waals surface area contributed by atoms with E-state index in [1.54, 1.807) is 19.2 Å². The molecule has 0 spiro atoms. The second-order valence-electron chi connectivity index (χ2n) is 6.50. The Bertz CT molecular complexity index is 675. The van der Waals surface area contributed by atoms with Crippen molar-refractivity contribution in [2.45, 2.75) is 32.4 Å². The second kappa shape index (κ2) is 11.1. The van der Waals surface area contributed by atoms with Crippen molar-refractivity contribution in [1.29, 1.82) is 5.26 Å². The maximum Gasteiger partial charge on any atom is 0.191 e. The zero-order valence-electron chi connectivity index (χ0n) is 15.4. The van der Waals surface area contributed by atoms with Crippen LogP contribution in [0.3, 0.4) is 0 Å². The summed E-state index contributed by atoms with van der Waals surface area (Å²) in [6.45, 7) is 9.37. The van der Waals surface area contributed by atoms with Crippen LogP contribution in [0.4, 0.5) is 4.39 Å². The quantitative estimate of drug-likeness (QED) is 0.300. The first kappa shape index (κ1) is 22.4. The smallest absolute Gasteiger partial charge is 0.191 e. The number of nitrogens with zero attached hydrogens (tertiary/aromatic N) is 3. The molecule has 0 bridgehead atoms. The molecule has 0 amide bonds.